The van der Waals surface area contributed by atoms with Gasteiger partial charge in [-0.2, -0.15) is 18.4 Å². The average molecular weight is 310 g/mol. The molecule has 1 aromatic rings. The van der Waals surface area contributed by atoms with Gasteiger partial charge in [-0.3, -0.25) is 9.59 Å². The molecule has 0 aliphatic carbocycles. The molecule has 7 heteroatoms. The van der Waals surface area contributed by atoms with E-state index in [0.717, 1.165) is 12.1 Å². The van der Waals surface area contributed by atoms with E-state index >= 15 is 0 Å². The number of carbonyl (C=O) groups excluding carboxylic acids is 2. The number of nitriles is 1. The van der Waals surface area contributed by atoms with Crippen molar-refractivity contribution >= 4 is 17.3 Å². The Hall–Kier alpha value is -2.62. The maximum atomic E-state index is 12.9. The second kappa shape index (κ2) is 6.89. The molecule has 0 aromatic heterocycles. The second-order valence-electron chi connectivity index (χ2n) is 4.45. The van der Waals surface area contributed by atoms with Gasteiger partial charge in [-0.15, -0.1) is 0 Å². The minimum absolute atomic E-state index is 0.0297. The number of nitrogens with one attached hydrogen (secondary N) is 1. The number of halogens is 3. The number of alkyl halides is 3. The van der Waals surface area contributed by atoms with Crippen LogP contribution in [0.5, 0.6) is 0 Å². The van der Waals surface area contributed by atoms with E-state index in [1.807, 2.05) is 0 Å². The van der Waals surface area contributed by atoms with Crippen molar-refractivity contribution in [2.24, 2.45) is 5.92 Å². The number of allylic oxidation sites excluding steroid dienone is 2. The highest BCUT2D eigenvalue weighted by Gasteiger charge is 2.33. The minimum Gasteiger partial charge on any atom is -0.358 e. The lowest BCUT2D eigenvalue weighted by molar-refractivity contribution is -0.138. The first-order chi connectivity index (χ1) is 10.2. The molecule has 0 heterocycles. The summed E-state index contributed by atoms with van der Waals surface area (Å²) in [6.45, 7) is 1.32. The van der Waals surface area contributed by atoms with Crippen molar-refractivity contribution in [3.05, 3.63) is 41.5 Å². The zero-order valence-corrected chi connectivity index (χ0v) is 11.9. The molecular formula is C15H13F3N2O2. The molecule has 0 spiro atoms. The van der Waals surface area contributed by atoms with Crippen LogP contribution in [0.3, 0.4) is 0 Å². The summed E-state index contributed by atoms with van der Waals surface area (Å²) >= 11 is 0. The molecule has 1 amide bonds. The van der Waals surface area contributed by atoms with Crippen LogP contribution in [0.4, 0.5) is 13.2 Å². The molecule has 0 saturated carbocycles. The minimum atomic E-state index is -4.57. The average Bonchev–Trinajstić information content (AvgIpc) is 2.46. The SMILES string of the molecule is CNC(=O)C(C#N)C(=O)/C=C(/C)c1ccccc1C(F)(F)F. The van der Waals surface area contributed by atoms with Crippen molar-refractivity contribution in [2.45, 2.75) is 13.1 Å². The maximum Gasteiger partial charge on any atom is 0.416 e. The van der Waals surface area contributed by atoms with Crippen molar-refractivity contribution in [2.75, 3.05) is 7.05 Å². The van der Waals surface area contributed by atoms with E-state index in [1.165, 1.54) is 38.2 Å². The molecule has 0 radical (unpaired) electrons. The third-order valence-corrected chi connectivity index (χ3v) is 2.94. The summed E-state index contributed by atoms with van der Waals surface area (Å²) in [5.74, 6) is -3.25. The number of hydrogen-bond acceptors (Lipinski definition) is 3. The number of ketones is 1. The smallest absolute Gasteiger partial charge is 0.358 e. The number of carbonyl (C=O) groups is 2. The molecule has 0 fully saturated rings. The lowest BCUT2D eigenvalue weighted by Crippen LogP contribution is -2.31. The number of nitrogens with zero attached hydrogens (tertiary/aromatic N) is 1. The third kappa shape index (κ3) is 3.95. The predicted molar refractivity (Wildman–Crippen MR) is 73.3 cm³/mol. The van der Waals surface area contributed by atoms with E-state index in [1.54, 1.807) is 0 Å². The van der Waals surface area contributed by atoms with Gasteiger partial charge in [-0.1, -0.05) is 18.2 Å². The van der Waals surface area contributed by atoms with Gasteiger partial charge in [0.1, 0.15) is 0 Å². The highest BCUT2D eigenvalue weighted by atomic mass is 19.4. The lowest BCUT2D eigenvalue weighted by Gasteiger charge is -2.13. The molecule has 22 heavy (non-hydrogen) atoms. The highest BCUT2D eigenvalue weighted by molar-refractivity contribution is 6.11. The molecule has 1 unspecified atom stereocenters. The fourth-order valence-corrected chi connectivity index (χ4v) is 1.84. The molecule has 0 aliphatic heterocycles. The molecule has 1 rings (SSSR count). The summed E-state index contributed by atoms with van der Waals surface area (Å²) < 4.78 is 38.8. The van der Waals surface area contributed by atoms with Gasteiger partial charge in [0.15, 0.2) is 11.7 Å². The van der Waals surface area contributed by atoms with Crippen LogP contribution in [0.25, 0.3) is 5.57 Å². The second-order valence-corrected chi connectivity index (χ2v) is 4.45. The number of rotatable bonds is 4. The quantitative estimate of drug-likeness (QED) is 0.686. The van der Waals surface area contributed by atoms with Crippen molar-refractivity contribution in [3.63, 3.8) is 0 Å². The molecule has 0 aliphatic rings. The molecular weight excluding hydrogens is 297 g/mol. The summed E-state index contributed by atoms with van der Waals surface area (Å²) in [6.07, 6.45) is -3.68. The van der Waals surface area contributed by atoms with Crippen LogP contribution in [0, 0.1) is 17.2 Å². The first-order valence-corrected chi connectivity index (χ1v) is 6.22. The fourth-order valence-electron chi connectivity index (χ4n) is 1.84. The van der Waals surface area contributed by atoms with Gasteiger partial charge in [-0.05, 0) is 30.2 Å². The summed E-state index contributed by atoms with van der Waals surface area (Å²) in [5, 5.41) is 11.0. The van der Waals surface area contributed by atoms with Crippen LogP contribution in [-0.4, -0.2) is 18.7 Å². The van der Waals surface area contributed by atoms with Gasteiger partial charge < -0.3 is 5.32 Å². The van der Waals surface area contributed by atoms with Gasteiger partial charge in [0, 0.05) is 7.05 Å². The van der Waals surface area contributed by atoms with Crippen molar-refractivity contribution in [1.82, 2.24) is 5.32 Å². The molecule has 116 valence electrons. The predicted octanol–water partition coefficient (Wildman–Crippen LogP) is 2.56. The van der Waals surface area contributed by atoms with Crippen LogP contribution in [0.1, 0.15) is 18.1 Å². The zero-order chi connectivity index (χ0) is 16.9. The monoisotopic (exact) mass is 310 g/mol. The first kappa shape index (κ1) is 17.4. The number of benzene rings is 1. The van der Waals surface area contributed by atoms with E-state index in [2.05, 4.69) is 5.32 Å². The fraction of sp³-hybridized carbons (Fsp3) is 0.267. The molecule has 4 nitrogen and oxygen atoms in total. The van der Waals surface area contributed by atoms with Gasteiger partial charge in [0.05, 0.1) is 11.6 Å². The van der Waals surface area contributed by atoms with Crippen LogP contribution < -0.4 is 5.32 Å². The summed E-state index contributed by atoms with van der Waals surface area (Å²) in [5.41, 5.74) is -1.02. The van der Waals surface area contributed by atoms with E-state index in [-0.39, 0.29) is 11.1 Å². The van der Waals surface area contributed by atoms with Gasteiger partial charge in [0.25, 0.3) is 0 Å². The molecule has 1 aromatic carbocycles. The van der Waals surface area contributed by atoms with E-state index in [4.69, 9.17) is 5.26 Å². The molecule has 0 saturated heterocycles. The Morgan fingerprint density at radius 2 is 1.91 bits per heavy atom. The van der Waals surface area contributed by atoms with Crippen molar-refractivity contribution in [1.29, 1.82) is 5.26 Å². The van der Waals surface area contributed by atoms with Crippen molar-refractivity contribution in [3.8, 4) is 6.07 Å². The Morgan fingerprint density at radius 1 is 1.32 bits per heavy atom. The van der Waals surface area contributed by atoms with Gasteiger partial charge >= 0.3 is 6.18 Å². The molecule has 1 N–H and O–H groups in total. The molecule has 0 bridgehead atoms. The maximum absolute atomic E-state index is 12.9. The van der Waals surface area contributed by atoms with Gasteiger partial charge in [0.2, 0.25) is 5.91 Å². The molecule has 1 atom stereocenters. The third-order valence-electron chi connectivity index (χ3n) is 2.94. The summed E-state index contributed by atoms with van der Waals surface area (Å²) in [6, 6.07) is 6.30. The topological polar surface area (TPSA) is 70.0 Å². The number of hydrogen-bond donors (Lipinski definition) is 1. The summed E-state index contributed by atoms with van der Waals surface area (Å²) in [4.78, 5) is 23.2. The Kier molecular flexibility index (Phi) is 5.46. The Bertz CT molecular complexity index is 657. The largest absolute Gasteiger partial charge is 0.416 e. The Labute approximate surface area is 125 Å². The highest BCUT2D eigenvalue weighted by Crippen LogP contribution is 2.34. The normalized spacial score (nSPS) is 13.2. The van der Waals surface area contributed by atoms with Crippen LogP contribution in [0.2, 0.25) is 0 Å². The van der Waals surface area contributed by atoms with E-state index < -0.39 is 29.3 Å². The Morgan fingerprint density at radius 3 is 2.41 bits per heavy atom. The van der Waals surface area contributed by atoms with E-state index in [0.29, 0.717) is 0 Å². The van der Waals surface area contributed by atoms with Gasteiger partial charge in [-0.25, -0.2) is 0 Å². The lowest BCUT2D eigenvalue weighted by atomic mass is 9.96. The standard InChI is InChI=1S/C15H13F3N2O2/c1-9(7-13(21)11(8-19)14(22)20-2)10-5-3-4-6-12(10)15(16,17)18/h3-7,11H,1-2H3,(H,20,22)/b9-7-. The van der Waals surface area contributed by atoms with E-state index in [9.17, 15) is 22.8 Å². The zero-order valence-electron chi connectivity index (χ0n) is 11.9. The van der Waals surface area contributed by atoms with Crippen molar-refractivity contribution < 1.29 is 22.8 Å². The van der Waals surface area contributed by atoms with Crippen LogP contribution >= 0.6 is 0 Å². The van der Waals surface area contributed by atoms with Crippen LogP contribution in [0.15, 0.2) is 30.3 Å². The summed E-state index contributed by atoms with van der Waals surface area (Å²) in [7, 11) is 1.26. The first-order valence-electron chi connectivity index (χ1n) is 6.22. The van der Waals surface area contributed by atoms with Crippen LogP contribution in [-0.2, 0) is 15.8 Å². The number of amides is 1. The Balaban J connectivity index is 3.22.